The van der Waals surface area contributed by atoms with Crippen LogP contribution in [0.25, 0.3) is 0 Å². The van der Waals surface area contributed by atoms with E-state index in [4.69, 9.17) is 10.8 Å². The maximum Gasteiger partial charge on any atom is 0.326 e. The summed E-state index contributed by atoms with van der Waals surface area (Å²) in [4.78, 5) is 23.0. The van der Waals surface area contributed by atoms with Gasteiger partial charge in [0.1, 0.15) is 6.04 Å². The summed E-state index contributed by atoms with van der Waals surface area (Å²) in [5.74, 6) is -0.577. The van der Waals surface area contributed by atoms with Gasteiger partial charge < -0.3 is 16.2 Å². The van der Waals surface area contributed by atoms with E-state index in [1.807, 2.05) is 0 Å². The van der Waals surface area contributed by atoms with Crippen molar-refractivity contribution < 1.29 is 14.7 Å². The zero-order valence-electron chi connectivity index (χ0n) is 12.8. The van der Waals surface area contributed by atoms with Crippen molar-refractivity contribution in [1.29, 1.82) is 0 Å². The molecule has 0 heterocycles. The third-order valence-electron chi connectivity index (χ3n) is 4.14. The molecule has 1 aliphatic carbocycles. The first-order chi connectivity index (χ1) is 9.25. The van der Waals surface area contributed by atoms with Crippen molar-refractivity contribution in [2.24, 2.45) is 23.0 Å². The molecule has 1 aliphatic rings. The number of hydrogen-bond donors (Lipinski definition) is 3. The monoisotopic (exact) mass is 284 g/mol. The van der Waals surface area contributed by atoms with Gasteiger partial charge in [0, 0.05) is 6.42 Å². The first-order valence-corrected chi connectivity index (χ1v) is 7.48. The van der Waals surface area contributed by atoms with Crippen LogP contribution in [-0.4, -0.2) is 29.6 Å². The largest absolute Gasteiger partial charge is 0.480 e. The number of carbonyl (C=O) groups is 2. The van der Waals surface area contributed by atoms with E-state index in [9.17, 15) is 9.59 Å². The minimum atomic E-state index is -0.921. The predicted octanol–water partition coefficient (Wildman–Crippen LogP) is 1.76. The fourth-order valence-electron chi connectivity index (χ4n) is 2.57. The molecule has 1 saturated carbocycles. The number of hydrogen-bond acceptors (Lipinski definition) is 3. The lowest BCUT2D eigenvalue weighted by Crippen LogP contribution is -2.42. The van der Waals surface area contributed by atoms with Crippen molar-refractivity contribution in [1.82, 2.24) is 5.32 Å². The summed E-state index contributed by atoms with van der Waals surface area (Å²) in [5, 5.41) is 11.7. The number of amides is 1. The first kappa shape index (κ1) is 17.0. The van der Waals surface area contributed by atoms with Crippen molar-refractivity contribution in [3.05, 3.63) is 0 Å². The molecular weight excluding hydrogens is 256 g/mol. The van der Waals surface area contributed by atoms with Crippen LogP contribution in [0.1, 0.15) is 52.9 Å². The molecule has 20 heavy (non-hydrogen) atoms. The van der Waals surface area contributed by atoms with Gasteiger partial charge in [0.15, 0.2) is 0 Å². The lowest BCUT2D eigenvalue weighted by atomic mass is 9.76. The van der Waals surface area contributed by atoms with Crippen LogP contribution in [0.5, 0.6) is 0 Å². The molecule has 0 aromatic rings. The summed E-state index contributed by atoms with van der Waals surface area (Å²) in [7, 11) is 0. The van der Waals surface area contributed by atoms with Crippen LogP contribution in [0.3, 0.4) is 0 Å². The Kier molecular flexibility index (Phi) is 5.99. The number of carboxylic acids is 1. The standard InChI is InChI=1S/C15H28N2O3/c1-15(2,3)11(8-9-16)6-7-12(18)17-13(14(19)20)10-4-5-10/h10-11,13H,4-9,16H2,1-3H3,(H,17,18)(H,19,20). The van der Waals surface area contributed by atoms with Gasteiger partial charge in [-0.2, -0.15) is 0 Å². The highest BCUT2D eigenvalue weighted by Gasteiger charge is 2.37. The van der Waals surface area contributed by atoms with E-state index in [-0.39, 0.29) is 17.2 Å². The van der Waals surface area contributed by atoms with Gasteiger partial charge in [0.2, 0.25) is 5.91 Å². The normalized spacial score (nSPS) is 18.4. The molecular formula is C15H28N2O3. The Bertz CT molecular complexity index is 346. The van der Waals surface area contributed by atoms with E-state index in [0.717, 1.165) is 25.7 Å². The lowest BCUT2D eigenvalue weighted by Gasteiger charge is -2.30. The second-order valence-electron chi connectivity index (χ2n) is 6.90. The van der Waals surface area contributed by atoms with Gasteiger partial charge in [-0.25, -0.2) is 4.79 Å². The predicted molar refractivity (Wildman–Crippen MR) is 78.1 cm³/mol. The molecule has 1 fully saturated rings. The third-order valence-corrected chi connectivity index (χ3v) is 4.14. The minimum Gasteiger partial charge on any atom is -0.480 e. The van der Waals surface area contributed by atoms with Crippen LogP contribution in [0, 0.1) is 17.3 Å². The molecule has 5 nitrogen and oxygen atoms in total. The highest BCUT2D eigenvalue weighted by molar-refractivity contribution is 5.84. The maximum atomic E-state index is 11.9. The molecule has 0 aromatic carbocycles. The summed E-state index contributed by atoms with van der Waals surface area (Å²) in [5.41, 5.74) is 5.74. The molecule has 1 rings (SSSR count). The van der Waals surface area contributed by atoms with Crippen LogP contribution in [0.15, 0.2) is 0 Å². The summed E-state index contributed by atoms with van der Waals surface area (Å²) in [6.45, 7) is 7.06. The Morgan fingerprint density at radius 2 is 1.90 bits per heavy atom. The molecule has 0 radical (unpaired) electrons. The molecule has 0 aromatic heterocycles. The van der Waals surface area contributed by atoms with E-state index >= 15 is 0 Å². The zero-order chi connectivity index (χ0) is 15.3. The van der Waals surface area contributed by atoms with Gasteiger partial charge in [-0.3, -0.25) is 4.79 Å². The van der Waals surface area contributed by atoms with E-state index in [0.29, 0.717) is 18.9 Å². The Labute approximate surface area is 121 Å². The van der Waals surface area contributed by atoms with Gasteiger partial charge in [-0.15, -0.1) is 0 Å². The van der Waals surface area contributed by atoms with Gasteiger partial charge in [-0.05, 0) is 49.5 Å². The molecule has 0 spiro atoms. The molecule has 0 aliphatic heterocycles. The highest BCUT2D eigenvalue weighted by atomic mass is 16.4. The topological polar surface area (TPSA) is 92.4 Å². The summed E-state index contributed by atoms with van der Waals surface area (Å²) >= 11 is 0. The van der Waals surface area contributed by atoms with Crippen LogP contribution in [-0.2, 0) is 9.59 Å². The molecule has 116 valence electrons. The zero-order valence-corrected chi connectivity index (χ0v) is 12.8. The Balaban J connectivity index is 2.42. The van der Waals surface area contributed by atoms with E-state index in [1.165, 1.54) is 0 Å². The SMILES string of the molecule is CC(C)(C)C(CCN)CCC(=O)NC(C(=O)O)C1CC1. The van der Waals surface area contributed by atoms with Crippen LogP contribution in [0.2, 0.25) is 0 Å². The molecule has 0 saturated heterocycles. The van der Waals surface area contributed by atoms with Gasteiger partial charge >= 0.3 is 5.97 Å². The second-order valence-corrected chi connectivity index (χ2v) is 6.90. The highest BCUT2D eigenvalue weighted by Crippen LogP contribution is 2.34. The first-order valence-electron chi connectivity index (χ1n) is 7.48. The summed E-state index contributed by atoms with van der Waals surface area (Å²) in [6.07, 6.45) is 3.81. The summed E-state index contributed by atoms with van der Waals surface area (Å²) in [6, 6.07) is -0.704. The molecule has 1 amide bonds. The number of carboxylic acid groups (broad SMARTS) is 1. The quantitative estimate of drug-likeness (QED) is 0.633. The van der Waals surface area contributed by atoms with Crippen molar-refractivity contribution in [3.8, 4) is 0 Å². The molecule has 2 atom stereocenters. The van der Waals surface area contributed by atoms with Gasteiger partial charge in [0.05, 0.1) is 0 Å². The molecule has 0 bridgehead atoms. The van der Waals surface area contributed by atoms with E-state index < -0.39 is 12.0 Å². The Hall–Kier alpha value is -1.10. The lowest BCUT2D eigenvalue weighted by molar-refractivity contribution is -0.142. The number of carbonyl (C=O) groups excluding carboxylic acids is 1. The number of nitrogens with one attached hydrogen (secondary N) is 1. The fourth-order valence-corrected chi connectivity index (χ4v) is 2.57. The van der Waals surface area contributed by atoms with E-state index in [2.05, 4.69) is 26.1 Å². The van der Waals surface area contributed by atoms with Crippen molar-refractivity contribution >= 4 is 11.9 Å². The molecule has 2 unspecified atom stereocenters. The summed E-state index contributed by atoms with van der Waals surface area (Å²) < 4.78 is 0. The van der Waals surface area contributed by atoms with Gasteiger partial charge in [-0.1, -0.05) is 20.8 Å². The molecule has 4 N–H and O–H groups in total. The van der Waals surface area contributed by atoms with Crippen LogP contribution in [0.4, 0.5) is 0 Å². The van der Waals surface area contributed by atoms with E-state index in [1.54, 1.807) is 0 Å². The van der Waals surface area contributed by atoms with Gasteiger partial charge in [0.25, 0.3) is 0 Å². The van der Waals surface area contributed by atoms with Crippen molar-refractivity contribution in [3.63, 3.8) is 0 Å². The average molecular weight is 284 g/mol. The van der Waals surface area contributed by atoms with Crippen molar-refractivity contribution in [2.75, 3.05) is 6.54 Å². The number of nitrogens with two attached hydrogens (primary N) is 1. The second kappa shape index (κ2) is 7.07. The van der Waals surface area contributed by atoms with Crippen molar-refractivity contribution in [2.45, 2.75) is 58.9 Å². The number of rotatable bonds is 8. The number of aliphatic carboxylic acids is 1. The Morgan fingerprint density at radius 3 is 2.30 bits per heavy atom. The smallest absolute Gasteiger partial charge is 0.326 e. The van der Waals surface area contributed by atoms with Crippen LogP contribution < -0.4 is 11.1 Å². The maximum absolute atomic E-state index is 11.9. The molecule has 5 heteroatoms. The average Bonchev–Trinajstić information content (AvgIpc) is 3.13. The minimum absolute atomic E-state index is 0.113. The Morgan fingerprint density at radius 1 is 1.30 bits per heavy atom. The third kappa shape index (κ3) is 5.49. The fraction of sp³-hybridized carbons (Fsp3) is 0.867. The van der Waals surface area contributed by atoms with Crippen LogP contribution >= 0.6 is 0 Å².